The zero-order chi connectivity index (χ0) is 28.0. The lowest BCUT2D eigenvalue weighted by atomic mass is 10.1. The summed E-state index contributed by atoms with van der Waals surface area (Å²) >= 11 is 18.3. The number of carbonyl (C=O) groups excluding carboxylic acids is 1. The van der Waals surface area contributed by atoms with Crippen LogP contribution in [-0.2, 0) is 9.53 Å². The topological polar surface area (TPSA) is 63.2 Å². The van der Waals surface area contributed by atoms with Crippen molar-refractivity contribution in [1.82, 2.24) is 0 Å². The van der Waals surface area contributed by atoms with Gasteiger partial charge >= 0.3 is 5.97 Å². The number of carbonyl (C=O) groups is 1. The molecule has 3 aromatic carbocycles. The summed E-state index contributed by atoms with van der Waals surface area (Å²) in [6, 6.07) is 15.6. The molecule has 0 bridgehead atoms. The molecule has 0 amide bonds. The zero-order valence-electron chi connectivity index (χ0n) is 21.9. The van der Waals surface area contributed by atoms with Gasteiger partial charge in [-0.05, 0) is 66.9 Å². The molecule has 0 saturated heterocycles. The van der Waals surface area contributed by atoms with Crippen molar-refractivity contribution < 1.29 is 28.5 Å². The zero-order valence-corrected chi connectivity index (χ0v) is 24.2. The van der Waals surface area contributed by atoms with Crippen LogP contribution in [0.2, 0.25) is 15.1 Å². The maximum absolute atomic E-state index is 12.0. The molecule has 39 heavy (non-hydrogen) atoms. The Labute approximate surface area is 244 Å². The molecule has 0 atom stereocenters. The Bertz CT molecular complexity index is 1260. The van der Waals surface area contributed by atoms with Gasteiger partial charge < -0.3 is 23.7 Å². The molecule has 0 unspecified atom stereocenters. The molecule has 3 rings (SSSR count). The first-order chi connectivity index (χ1) is 18.9. The summed E-state index contributed by atoms with van der Waals surface area (Å²) in [6.07, 6.45) is 7.69. The summed E-state index contributed by atoms with van der Waals surface area (Å²) < 4.78 is 27.6. The van der Waals surface area contributed by atoms with E-state index in [1.807, 2.05) is 6.07 Å². The van der Waals surface area contributed by atoms with Gasteiger partial charge in [-0.1, -0.05) is 60.1 Å². The number of hydrogen-bond donors (Lipinski definition) is 0. The highest BCUT2D eigenvalue weighted by molar-refractivity contribution is 6.35. The minimum atomic E-state index is -0.377. The standard InChI is InChI=1S/C30H31Cl3O6/c1-35-26-12-8-21(18-28(26)36-2)9-15-30(34)38-17-7-5-3-4-6-16-37-29-20-23(32)11-14-27(29)39-25-13-10-22(31)19-24(25)33/h8-15,18-20H,3-7,16-17H2,1-2H3/b15-9+. The minimum Gasteiger partial charge on any atom is -0.493 e. The summed E-state index contributed by atoms with van der Waals surface area (Å²) in [5, 5.41) is 1.48. The quantitative estimate of drug-likeness (QED) is 0.0995. The number of esters is 1. The lowest BCUT2D eigenvalue weighted by Gasteiger charge is -2.14. The maximum atomic E-state index is 12.0. The molecule has 9 heteroatoms. The summed E-state index contributed by atoms with van der Waals surface area (Å²) in [5.74, 6) is 2.39. The van der Waals surface area contributed by atoms with Crippen molar-refractivity contribution in [2.24, 2.45) is 0 Å². The van der Waals surface area contributed by atoms with Gasteiger partial charge in [-0.2, -0.15) is 0 Å². The third kappa shape index (κ3) is 10.2. The Morgan fingerprint density at radius 3 is 2.05 bits per heavy atom. The van der Waals surface area contributed by atoms with Crippen molar-refractivity contribution in [1.29, 1.82) is 0 Å². The molecule has 6 nitrogen and oxygen atoms in total. The van der Waals surface area contributed by atoms with Crippen LogP contribution in [0.15, 0.2) is 60.7 Å². The Kier molecular flexibility index (Phi) is 12.6. The minimum absolute atomic E-state index is 0.377. The molecule has 0 aliphatic rings. The van der Waals surface area contributed by atoms with Crippen molar-refractivity contribution in [3.63, 3.8) is 0 Å². The molecule has 0 N–H and O–H groups in total. The van der Waals surface area contributed by atoms with E-state index in [0.717, 1.165) is 37.7 Å². The number of ether oxygens (including phenoxy) is 5. The van der Waals surface area contributed by atoms with Crippen LogP contribution < -0.4 is 18.9 Å². The first kappa shape index (κ1) is 30.5. The second-order valence-electron chi connectivity index (χ2n) is 8.50. The van der Waals surface area contributed by atoms with Gasteiger partial charge in [-0.15, -0.1) is 0 Å². The lowest BCUT2D eigenvalue weighted by Crippen LogP contribution is -2.02. The van der Waals surface area contributed by atoms with Crippen LogP contribution >= 0.6 is 34.8 Å². The molecule has 0 saturated carbocycles. The predicted molar refractivity (Wildman–Crippen MR) is 156 cm³/mol. The normalized spacial score (nSPS) is 10.9. The van der Waals surface area contributed by atoms with Crippen molar-refractivity contribution in [3.8, 4) is 28.7 Å². The van der Waals surface area contributed by atoms with Crippen LogP contribution in [0.1, 0.15) is 37.7 Å². The third-order valence-electron chi connectivity index (χ3n) is 5.63. The Morgan fingerprint density at radius 1 is 0.692 bits per heavy atom. The molecule has 0 spiro atoms. The number of halogens is 3. The van der Waals surface area contributed by atoms with Gasteiger partial charge in [-0.3, -0.25) is 0 Å². The second-order valence-corrected chi connectivity index (χ2v) is 9.78. The second kappa shape index (κ2) is 16.1. The smallest absolute Gasteiger partial charge is 0.330 e. The fourth-order valence-corrected chi connectivity index (χ4v) is 4.22. The van der Waals surface area contributed by atoms with E-state index in [4.69, 9.17) is 58.5 Å². The SMILES string of the molecule is COc1ccc(/C=C/C(=O)OCCCCCCCOc2cc(Cl)ccc2Oc2ccc(Cl)cc2Cl)cc1OC. The average Bonchev–Trinajstić information content (AvgIpc) is 2.93. The summed E-state index contributed by atoms with van der Waals surface area (Å²) in [7, 11) is 3.14. The summed E-state index contributed by atoms with van der Waals surface area (Å²) in [4.78, 5) is 12.0. The van der Waals surface area contributed by atoms with E-state index in [1.54, 1.807) is 68.8 Å². The van der Waals surface area contributed by atoms with Crippen LogP contribution in [0, 0.1) is 0 Å². The maximum Gasteiger partial charge on any atom is 0.330 e. The van der Waals surface area contributed by atoms with E-state index in [2.05, 4.69) is 0 Å². The Hall–Kier alpha value is -3.06. The monoisotopic (exact) mass is 592 g/mol. The van der Waals surface area contributed by atoms with E-state index >= 15 is 0 Å². The molecule has 208 valence electrons. The largest absolute Gasteiger partial charge is 0.493 e. The van der Waals surface area contributed by atoms with Crippen LogP contribution in [0.5, 0.6) is 28.7 Å². The highest BCUT2D eigenvalue weighted by Gasteiger charge is 2.11. The van der Waals surface area contributed by atoms with Gasteiger partial charge in [0, 0.05) is 22.2 Å². The van der Waals surface area contributed by atoms with Gasteiger partial charge in [0.25, 0.3) is 0 Å². The highest BCUT2D eigenvalue weighted by Crippen LogP contribution is 2.37. The number of unbranched alkanes of at least 4 members (excludes halogenated alkanes) is 4. The fourth-order valence-electron chi connectivity index (χ4n) is 3.61. The van der Waals surface area contributed by atoms with Crippen LogP contribution in [0.25, 0.3) is 6.08 Å². The van der Waals surface area contributed by atoms with Crippen LogP contribution in [0.4, 0.5) is 0 Å². The number of rotatable bonds is 15. The van der Waals surface area contributed by atoms with E-state index in [-0.39, 0.29) is 5.97 Å². The molecule has 3 aromatic rings. The predicted octanol–water partition coefficient (Wildman–Crippen LogP) is 9.04. The number of hydrogen-bond acceptors (Lipinski definition) is 6. The van der Waals surface area contributed by atoms with Crippen molar-refractivity contribution in [2.45, 2.75) is 32.1 Å². The van der Waals surface area contributed by atoms with Gasteiger partial charge in [0.05, 0.1) is 32.5 Å². The molecule has 0 fully saturated rings. The first-order valence-corrected chi connectivity index (χ1v) is 13.6. The average molecular weight is 594 g/mol. The van der Waals surface area contributed by atoms with Crippen molar-refractivity contribution in [3.05, 3.63) is 81.3 Å². The van der Waals surface area contributed by atoms with Gasteiger partial charge in [-0.25, -0.2) is 4.79 Å². The fraction of sp³-hybridized carbons (Fsp3) is 0.300. The Morgan fingerprint density at radius 2 is 1.33 bits per heavy atom. The van der Waals surface area contributed by atoms with Crippen LogP contribution in [-0.4, -0.2) is 33.4 Å². The summed E-state index contributed by atoms with van der Waals surface area (Å²) in [6.45, 7) is 0.892. The van der Waals surface area contributed by atoms with E-state index in [1.165, 1.54) is 6.08 Å². The summed E-state index contributed by atoms with van der Waals surface area (Å²) in [5.41, 5.74) is 0.817. The van der Waals surface area contributed by atoms with Crippen LogP contribution in [0.3, 0.4) is 0 Å². The van der Waals surface area contributed by atoms with Gasteiger partial charge in [0.2, 0.25) is 0 Å². The van der Waals surface area contributed by atoms with Crippen molar-refractivity contribution >= 4 is 46.8 Å². The molecule has 0 aromatic heterocycles. The van der Waals surface area contributed by atoms with Gasteiger partial charge in [0.15, 0.2) is 23.0 Å². The molecular formula is C30H31Cl3O6. The number of benzene rings is 3. The third-order valence-corrected chi connectivity index (χ3v) is 6.40. The van der Waals surface area contributed by atoms with Crippen molar-refractivity contribution in [2.75, 3.05) is 27.4 Å². The first-order valence-electron chi connectivity index (χ1n) is 12.5. The molecule has 0 aliphatic heterocycles. The number of methoxy groups -OCH3 is 2. The van der Waals surface area contributed by atoms with Gasteiger partial charge in [0.1, 0.15) is 5.75 Å². The molecular weight excluding hydrogens is 563 g/mol. The molecule has 0 radical (unpaired) electrons. The Balaban J connectivity index is 1.32. The van der Waals surface area contributed by atoms with E-state index in [0.29, 0.717) is 57.0 Å². The molecule has 0 heterocycles. The highest BCUT2D eigenvalue weighted by atomic mass is 35.5. The van der Waals surface area contributed by atoms with E-state index < -0.39 is 0 Å². The lowest BCUT2D eigenvalue weighted by molar-refractivity contribution is -0.137. The molecule has 0 aliphatic carbocycles. The van der Waals surface area contributed by atoms with E-state index in [9.17, 15) is 4.79 Å².